The predicted octanol–water partition coefficient (Wildman–Crippen LogP) is 3.50. The van der Waals surface area contributed by atoms with E-state index in [0.717, 1.165) is 5.39 Å². The number of hydrogen-bond acceptors (Lipinski definition) is 3. The van der Waals surface area contributed by atoms with Gasteiger partial charge in [0.2, 0.25) is 0 Å². The number of carbonyl (C=O) groups is 1. The lowest BCUT2D eigenvalue weighted by Crippen LogP contribution is -2.25. The standard InChI is InChI=1S/C15H16O3/c1-15(2,3)14(17)18-12-9-5-7-10-6-4-8-11(16)13(10)12/h4-9,16H,1-3H3. The van der Waals surface area contributed by atoms with Gasteiger partial charge < -0.3 is 9.84 Å². The molecule has 2 aromatic carbocycles. The van der Waals surface area contributed by atoms with Gasteiger partial charge >= 0.3 is 5.97 Å². The van der Waals surface area contributed by atoms with Crippen molar-refractivity contribution in [1.82, 2.24) is 0 Å². The van der Waals surface area contributed by atoms with Gasteiger partial charge in [0, 0.05) is 0 Å². The van der Waals surface area contributed by atoms with Crippen LogP contribution in [-0.2, 0) is 4.79 Å². The van der Waals surface area contributed by atoms with Gasteiger partial charge in [0.15, 0.2) is 0 Å². The molecule has 0 saturated carbocycles. The Morgan fingerprint density at radius 2 is 1.72 bits per heavy atom. The van der Waals surface area contributed by atoms with Crippen LogP contribution in [-0.4, -0.2) is 11.1 Å². The Morgan fingerprint density at radius 1 is 1.11 bits per heavy atom. The molecule has 0 saturated heterocycles. The van der Waals surface area contributed by atoms with Crippen molar-refractivity contribution in [2.24, 2.45) is 5.41 Å². The summed E-state index contributed by atoms with van der Waals surface area (Å²) in [4.78, 5) is 11.9. The molecule has 0 radical (unpaired) electrons. The highest BCUT2D eigenvalue weighted by atomic mass is 16.5. The van der Waals surface area contributed by atoms with E-state index in [-0.39, 0.29) is 11.7 Å². The van der Waals surface area contributed by atoms with Gasteiger partial charge in [-0.05, 0) is 38.3 Å². The van der Waals surface area contributed by atoms with Crippen LogP contribution in [0.2, 0.25) is 0 Å². The highest BCUT2D eigenvalue weighted by Crippen LogP contribution is 2.34. The molecule has 94 valence electrons. The van der Waals surface area contributed by atoms with Crippen LogP contribution >= 0.6 is 0 Å². The van der Waals surface area contributed by atoms with Crippen LogP contribution in [0.5, 0.6) is 11.5 Å². The Kier molecular flexibility index (Phi) is 2.99. The number of phenolic OH excluding ortho intramolecular Hbond substituents is 1. The van der Waals surface area contributed by atoms with Crippen molar-refractivity contribution in [2.45, 2.75) is 20.8 Å². The molecule has 0 amide bonds. The number of esters is 1. The third-order valence-corrected chi connectivity index (χ3v) is 2.66. The van der Waals surface area contributed by atoms with Crippen LogP contribution in [0.15, 0.2) is 36.4 Å². The fourth-order valence-corrected chi connectivity index (χ4v) is 1.63. The minimum absolute atomic E-state index is 0.116. The molecule has 2 aromatic rings. The zero-order valence-corrected chi connectivity index (χ0v) is 10.7. The molecule has 0 unspecified atom stereocenters. The summed E-state index contributed by atoms with van der Waals surface area (Å²) in [5.74, 6) is 0.189. The average molecular weight is 244 g/mol. The SMILES string of the molecule is CC(C)(C)C(=O)Oc1cccc2cccc(O)c12. The topological polar surface area (TPSA) is 46.5 Å². The predicted molar refractivity (Wildman–Crippen MR) is 70.7 cm³/mol. The first-order valence-corrected chi connectivity index (χ1v) is 5.82. The summed E-state index contributed by atoms with van der Waals surface area (Å²) in [5.41, 5.74) is -0.577. The molecule has 0 atom stereocenters. The van der Waals surface area contributed by atoms with E-state index < -0.39 is 5.41 Å². The highest BCUT2D eigenvalue weighted by Gasteiger charge is 2.24. The summed E-state index contributed by atoms with van der Waals surface area (Å²) in [7, 11) is 0. The second-order valence-electron chi connectivity index (χ2n) is 5.27. The minimum atomic E-state index is -0.577. The Hall–Kier alpha value is -2.03. The van der Waals surface area contributed by atoms with Gasteiger partial charge in [0.05, 0.1) is 10.8 Å². The van der Waals surface area contributed by atoms with E-state index in [1.54, 1.807) is 45.0 Å². The van der Waals surface area contributed by atoms with Crippen LogP contribution in [0.1, 0.15) is 20.8 Å². The van der Waals surface area contributed by atoms with Gasteiger partial charge in [-0.3, -0.25) is 4.79 Å². The maximum atomic E-state index is 11.9. The lowest BCUT2D eigenvalue weighted by atomic mass is 9.97. The summed E-state index contributed by atoms with van der Waals surface area (Å²) >= 11 is 0. The number of benzene rings is 2. The van der Waals surface area contributed by atoms with E-state index >= 15 is 0 Å². The number of carbonyl (C=O) groups excluding carboxylic acids is 1. The Balaban J connectivity index is 2.49. The lowest BCUT2D eigenvalue weighted by Gasteiger charge is -2.17. The Labute approximate surface area is 106 Å². The fourth-order valence-electron chi connectivity index (χ4n) is 1.63. The van der Waals surface area contributed by atoms with Crippen LogP contribution in [0.25, 0.3) is 10.8 Å². The number of rotatable bonds is 1. The van der Waals surface area contributed by atoms with E-state index in [9.17, 15) is 9.90 Å². The first-order valence-electron chi connectivity index (χ1n) is 5.82. The van der Waals surface area contributed by atoms with Crippen molar-refractivity contribution in [1.29, 1.82) is 0 Å². The van der Waals surface area contributed by atoms with Crippen LogP contribution in [0, 0.1) is 5.41 Å². The molecule has 0 aliphatic carbocycles. The average Bonchev–Trinajstić information content (AvgIpc) is 2.28. The number of aromatic hydroxyl groups is 1. The molecule has 0 bridgehead atoms. The van der Waals surface area contributed by atoms with E-state index in [2.05, 4.69) is 0 Å². The van der Waals surface area contributed by atoms with E-state index in [0.29, 0.717) is 11.1 Å². The van der Waals surface area contributed by atoms with Crippen LogP contribution in [0.3, 0.4) is 0 Å². The number of fused-ring (bicyclic) bond motifs is 1. The smallest absolute Gasteiger partial charge is 0.316 e. The maximum absolute atomic E-state index is 11.9. The highest BCUT2D eigenvalue weighted by molar-refractivity contribution is 5.95. The van der Waals surface area contributed by atoms with Crippen LogP contribution in [0.4, 0.5) is 0 Å². The molecular weight excluding hydrogens is 228 g/mol. The molecule has 0 spiro atoms. The van der Waals surface area contributed by atoms with Crippen LogP contribution < -0.4 is 4.74 Å². The molecule has 0 fully saturated rings. The molecule has 0 heterocycles. The first-order chi connectivity index (χ1) is 8.39. The summed E-state index contributed by atoms with van der Waals surface area (Å²) in [6, 6.07) is 10.6. The van der Waals surface area contributed by atoms with Crippen molar-refractivity contribution < 1.29 is 14.6 Å². The van der Waals surface area contributed by atoms with Crippen molar-refractivity contribution >= 4 is 16.7 Å². The zero-order valence-electron chi connectivity index (χ0n) is 10.7. The number of phenols is 1. The second-order valence-corrected chi connectivity index (χ2v) is 5.27. The summed E-state index contributed by atoms with van der Waals surface area (Å²) in [5, 5.41) is 11.3. The third-order valence-electron chi connectivity index (χ3n) is 2.66. The first kappa shape index (κ1) is 12.4. The maximum Gasteiger partial charge on any atom is 0.316 e. The van der Waals surface area contributed by atoms with Crippen molar-refractivity contribution in [3.8, 4) is 11.5 Å². The monoisotopic (exact) mass is 244 g/mol. The van der Waals surface area contributed by atoms with Gasteiger partial charge in [0.25, 0.3) is 0 Å². The van der Waals surface area contributed by atoms with E-state index in [1.165, 1.54) is 0 Å². The van der Waals surface area contributed by atoms with E-state index in [4.69, 9.17) is 4.74 Å². The van der Waals surface area contributed by atoms with Gasteiger partial charge in [-0.2, -0.15) is 0 Å². The van der Waals surface area contributed by atoms with Crippen molar-refractivity contribution in [3.63, 3.8) is 0 Å². The molecule has 2 rings (SSSR count). The van der Waals surface area contributed by atoms with Crippen molar-refractivity contribution in [3.05, 3.63) is 36.4 Å². The molecule has 3 nitrogen and oxygen atoms in total. The normalized spacial score (nSPS) is 11.5. The van der Waals surface area contributed by atoms with E-state index in [1.807, 2.05) is 12.1 Å². The van der Waals surface area contributed by atoms with Crippen molar-refractivity contribution in [2.75, 3.05) is 0 Å². The molecule has 1 N–H and O–H groups in total. The van der Waals surface area contributed by atoms with Gasteiger partial charge in [-0.1, -0.05) is 24.3 Å². The molecule has 0 aliphatic heterocycles. The summed E-state index contributed by atoms with van der Waals surface area (Å²) in [6.07, 6.45) is 0. The molecule has 3 heteroatoms. The van der Waals surface area contributed by atoms with Gasteiger partial charge in [-0.15, -0.1) is 0 Å². The largest absolute Gasteiger partial charge is 0.507 e. The molecule has 0 aliphatic rings. The van der Waals surface area contributed by atoms with Gasteiger partial charge in [-0.25, -0.2) is 0 Å². The molecule has 18 heavy (non-hydrogen) atoms. The Morgan fingerprint density at radius 3 is 2.33 bits per heavy atom. The summed E-state index contributed by atoms with van der Waals surface area (Å²) in [6.45, 7) is 5.38. The minimum Gasteiger partial charge on any atom is -0.507 e. The Bertz CT molecular complexity index is 589. The third kappa shape index (κ3) is 2.30. The van der Waals surface area contributed by atoms with Gasteiger partial charge in [0.1, 0.15) is 11.5 Å². The quantitative estimate of drug-likeness (QED) is 0.617. The number of ether oxygens (including phenoxy) is 1. The molecular formula is C15H16O3. The number of hydrogen-bond donors (Lipinski definition) is 1. The zero-order chi connectivity index (χ0) is 13.3. The molecule has 0 aromatic heterocycles. The summed E-state index contributed by atoms with van der Waals surface area (Å²) < 4.78 is 5.37. The fraction of sp³-hybridized carbons (Fsp3) is 0.267. The lowest BCUT2D eigenvalue weighted by molar-refractivity contribution is -0.142. The second kappa shape index (κ2) is 4.33.